The van der Waals surface area contributed by atoms with Crippen LogP contribution in [-0.4, -0.2) is 78.7 Å². The van der Waals surface area contributed by atoms with Crippen LogP contribution in [0.4, 0.5) is 11.4 Å². The van der Waals surface area contributed by atoms with Crippen LogP contribution >= 0.6 is 0 Å². The van der Waals surface area contributed by atoms with Crippen LogP contribution in [0.25, 0.3) is 11.0 Å². The van der Waals surface area contributed by atoms with E-state index in [9.17, 15) is 9.59 Å². The summed E-state index contributed by atoms with van der Waals surface area (Å²) in [6, 6.07) is 3.80. The first-order valence-electron chi connectivity index (χ1n) is 9.76. The largest absolute Gasteiger partial charge is 0.370 e. The maximum absolute atomic E-state index is 12.8. The van der Waals surface area contributed by atoms with Crippen molar-refractivity contribution in [2.24, 2.45) is 5.92 Å². The normalized spacial score (nSPS) is 20.0. The summed E-state index contributed by atoms with van der Waals surface area (Å²) in [6.07, 6.45) is 2.56. The van der Waals surface area contributed by atoms with Gasteiger partial charge >= 0.3 is 0 Å². The van der Waals surface area contributed by atoms with E-state index in [-0.39, 0.29) is 24.2 Å². The second-order valence-corrected chi connectivity index (χ2v) is 7.82. The number of nitrogens with one attached hydrogen (secondary N) is 1. The van der Waals surface area contributed by atoms with E-state index in [4.69, 9.17) is 4.63 Å². The summed E-state index contributed by atoms with van der Waals surface area (Å²) in [4.78, 5) is 31.0. The third-order valence-electron chi connectivity index (χ3n) is 5.50. The summed E-state index contributed by atoms with van der Waals surface area (Å²) < 4.78 is 4.96. The molecule has 150 valence electrons. The fourth-order valence-electron chi connectivity index (χ4n) is 3.89. The number of nitrogens with zero attached hydrogens (tertiary/aromatic N) is 5. The van der Waals surface area contributed by atoms with Crippen LogP contribution in [0.5, 0.6) is 0 Å². The van der Waals surface area contributed by atoms with Crippen molar-refractivity contribution < 1.29 is 14.2 Å². The third kappa shape index (κ3) is 3.66. The first-order chi connectivity index (χ1) is 13.5. The molecule has 0 spiro atoms. The number of carbonyl (C=O) groups is 2. The lowest BCUT2D eigenvalue weighted by atomic mass is 10.1. The number of fused-ring (bicyclic) bond motifs is 1. The van der Waals surface area contributed by atoms with E-state index < -0.39 is 0 Å². The molecule has 3 heterocycles. The molecular weight excluding hydrogens is 360 g/mol. The van der Waals surface area contributed by atoms with Gasteiger partial charge in [-0.05, 0) is 49.4 Å². The summed E-state index contributed by atoms with van der Waals surface area (Å²) in [5.74, 6) is -0.499. The first-order valence-corrected chi connectivity index (χ1v) is 9.76. The van der Waals surface area contributed by atoms with E-state index in [1.165, 1.54) is 0 Å². The van der Waals surface area contributed by atoms with Crippen LogP contribution in [0.15, 0.2) is 16.8 Å². The quantitative estimate of drug-likeness (QED) is 0.796. The zero-order chi connectivity index (χ0) is 19.7. The van der Waals surface area contributed by atoms with Crippen molar-refractivity contribution in [1.82, 2.24) is 20.1 Å². The molecule has 1 aromatic carbocycles. The van der Waals surface area contributed by atoms with Crippen molar-refractivity contribution in [1.29, 1.82) is 0 Å². The van der Waals surface area contributed by atoms with Crippen LogP contribution in [0, 0.1) is 5.92 Å². The second kappa shape index (κ2) is 7.75. The molecule has 1 atom stereocenters. The van der Waals surface area contributed by atoms with Gasteiger partial charge in [-0.25, -0.2) is 4.63 Å². The number of amides is 2. The molecular formula is C19H26N6O3. The highest BCUT2D eigenvalue weighted by Gasteiger charge is 2.34. The fourth-order valence-corrected chi connectivity index (χ4v) is 3.89. The first kappa shape index (κ1) is 18.7. The number of anilines is 2. The molecule has 9 nitrogen and oxygen atoms in total. The molecule has 1 aromatic heterocycles. The van der Waals surface area contributed by atoms with E-state index >= 15 is 0 Å². The molecule has 1 N–H and O–H groups in total. The van der Waals surface area contributed by atoms with E-state index in [0.717, 1.165) is 38.2 Å². The van der Waals surface area contributed by atoms with Crippen molar-refractivity contribution in [3.8, 4) is 0 Å². The fraction of sp³-hybridized carbons (Fsp3) is 0.579. The number of carbonyl (C=O) groups excluding carboxylic acids is 2. The minimum atomic E-state index is -0.358. The predicted octanol–water partition coefficient (Wildman–Crippen LogP) is 1.17. The van der Waals surface area contributed by atoms with Gasteiger partial charge < -0.3 is 20.0 Å². The van der Waals surface area contributed by atoms with Crippen LogP contribution in [0.1, 0.15) is 19.3 Å². The Morgan fingerprint density at radius 3 is 2.75 bits per heavy atom. The minimum Gasteiger partial charge on any atom is -0.370 e. The Balaban J connectivity index is 1.46. The molecule has 9 heteroatoms. The number of rotatable bonds is 6. The van der Waals surface area contributed by atoms with Crippen molar-refractivity contribution in [3.05, 3.63) is 12.1 Å². The summed E-state index contributed by atoms with van der Waals surface area (Å²) in [5, 5.41) is 11.0. The van der Waals surface area contributed by atoms with E-state index in [2.05, 4.69) is 20.5 Å². The smallest absolute Gasteiger partial charge is 0.229 e. The van der Waals surface area contributed by atoms with Gasteiger partial charge in [0.25, 0.3) is 0 Å². The van der Waals surface area contributed by atoms with E-state index in [1.807, 2.05) is 31.1 Å². The van der Waals surface area contributed by atoms with Crippen molar-refractivity contribution in [2.45, 2.75) is 19.3 Å². The number of likely N-dealkylation sites (tertiary alicyclic amines) is 1. The Morgan fingerprint density at radius 2 is 2.00 bits per heavy atom. The molecule has 4 rings (SSSR count). The highest BCUT2D eigenvalue weighted by Crippen LogP contribution is 2.32. The topological polar surface area (TPSA) is 94.8 Å². The lowest BCUT2D eigenvalue weighted by Crippen LogP contribution is -2.34. The summed E-state index contributed by atoms with van der Waals surface area (Å²) in [6.45, 7) is 3.84. The van der Waals surface area contributed by atoms with Crippen LogP contribution < -0.4 is 10.2 Å². The molecule has 0 saturated carbocycles. The Morgan fingerprint density at radius 1 is 1.25 bits per heavy atom. The molecule has 0 bridgehead atoms. The maximum atomic E-state index is 12.8. The van der Waals surface area contributed by atoms with Crippen molar-refractivity contribution >= 4 is 34.2 Å². The average Bonchev–Trinajstić information content (AvgIpc) is 3.41. The lowest BCUT2D eigenvalue weighted by molar-refractivity contribution is -0.128. The molecule has 2 fully saturated rings. The standard InChI is InChI=1S/C19H26N6O3/c1-23(2)9-10-25-12-13(11-16(25)26)19(27)20-14-5-6-15(24-7-3-4-8-24)18-17(14)21-28-22-18/h5-6,13H,3-4,7-12H2,1-2H3,(H,20,27)/t13-/m1/s1. The number of likely N-dealkylation sites (N-methyl/N-ethyl adjacent to an activating group) is 1. The highest BCUT2D eigenvalue weighted by atomic mass is 16.6. The zero-order valence-electron chi connectivity index (χ0n) is 16.3. The Bertz CT molecular complexity index is 874. The van der Waals surface area contributed by atoms with Gasteiger partial charge in [-0.3, -0.25) is 9.59 Å². The SMILES string of the molecule is CN(C)CCN1C[C@H](C(=O)Nc2ccc(N3CCCC3)c3nonc23)CC1=O. The summed E-state index contributed by atoms with van der Waals surface area (Å²) in [5.41, 5.74) is 2.77. The van der Waals surface area contributed by atoms with Crippen LogP contribution in [0.2, 0.25) is 0 Å². The Kier molecular flexibility index (Phi) is 5.17. The molecule has 28 heavy (non-hydrogen) atoms. The second-order valence-electron chi connectivity index (χ2n) is 7.82. The lowest BCUT2D eigenvalue weighted by Gasteiger charge is -2.19. The van der Waals surface area contributed by atoms with Gasteiger partial charge in [0, 0.05) is 39.1 Å². The van der Waals surface area contributed by atoms with Crippen LogP contribution in [0.3, 0.4) is 0 Å². The molecule has 2 aliphatic heterocycles. The molecule has 0 aliphatic carbocycles. The average molecular weight is 386 g/mol. The van der Waals surface area contributed by atoms with Crippen molar-refractivity contribution in [2.75, 3.05) is 57.0 Å². The molecule has 0 radical (unpaired) electrons. The molecule has 2 aliphatic rings. The minimum absolute atomic E-state index is 0.0274. The van der Waals surface area contributed by atoms with Gasteiger partial charge in [0.2, 0.25) is 11.8 Å². The number of benzene rings is 1. The van der Waals surface area contributed by atoms with Gasteiger partial charge in [-0.15, -0.1) is 0 Å². The van der Waals surface area contributed by atoms with Gasteiger partial charge in [-0.1, -0.05) is 0 Å². The molecule has 2 saturated heterocycles. The molecule has 0 unspecified atom stereocenters. The Labute approximate surface area is 163 Å². The van der Waals surface area contributed by atoms with Gasteiger partial charge in [0.05, 0.1) is 17.3 Å². The van der Waals surface area contributed by atoms with Gasteiger partial charge in [0.1, 0.15) is 0 Å². The third-order valence-corrected chi connectivity index (χ3v) is 5.50. The van der Waals surface area contributed by atoms with Gasteiger partial charge in [-0.2, -0.15) is 0 Å². The summed E-state index contributed by atoms with van der Waals surface area (Å²) in [7, 11) is 3.93. The van der Waals surface area contributed by atoms with Gasteiger partial charge in [0.15, 0.2) is 11.0 Å². The number of hydrogen-bond acceptors (Lipinski definition) is 7. The monoisotopic (exact) mass is 386 g/mol. The predicted molar refractivity (Wildman–Crippen MR) is 105 cm³/mol. The Hall–Kier alpha value is -2.68. The molecule has 2 aromatic rings. The van der Waals surface area contributed by atoms with Crippen LogP contribution in [-0.2, 0) is 9.59 Å². The number of hydrogen-bond donors (Lipinski definition) is 1. The van der Waals surface area contributed by atoms with E-state index in [0.29, 0.717) is 29.8 Å². The van der Waals surface area contributed by atoms with E-state index in [1.54, 1.807) is 4.90 Å². The summed E-state index contributed by atoms with van der Waals surface area (Å²) >= 11 is 0. The maximum Gasteiger partial charge on any atom is 0.229 e. The number of aromatic nitrogens is 2. The van der Waals surface area contributed by atoms with Crippen molar-refractivity contribution in [3.63, 3.8) is 0 Å². The zero-order valence-corrected chi connectivity index (χ0v) is 16.3. The highest BCUT2D eigenvalue weighted by molar-refractivity contribution is 6.04. The molecule has 2 amide bonds.